The van der Waals surface area contributed by atoms with Gasteiger partial charge in [-0.15, -0.1) is 0 Å². The summed E-state index contributed by atoms with van der Waals surface area (Å²) in [5.74, 6) is -0.817. The molecule has 0 aliphatic carbocycles. The Kier molecular flexibility index (Phi) is 6.98. The number of hydrogen-bond acceptors (Lipinski definition) is 4. The van der Waals surface area contributed by atoms with Crippen LogP contribution in [0.4, 0.5) is 24.7 Å². The Morgan fingerprint density at radius 1 is 1.18 bits per heavy atom. The van der Waals surface area contributed by atoms with Gasteiger partial charge in [-0.2, -0.15) is 13.2 Å². The third-order valence-electron chi connectivity index (χ3n) is 3.92. The van der Waals surface area contributed by atoms with E-state index in [0.29, 0.717) is 10.8 Å². The number of benzene rings is 1. The Labute approximate surface area is 164 Å². The van der Waals surface area contributed by atoms with Gasteiger partial charge in [0, 0.05) is 6.20 Å². The lowest BCUT2D eigenvalue weighted by Gasteiger charge is -2.23. The highest BCUT2D eigenvalue weighted by Crippen LogP contribution is 2.34. The molecule has 2 amide bonds. The maximum atomic E-state index is 13.0. The first-order valence-electron chi connectivity index (χ1n) is 8.16. The quantitative estimate of drug-likeness (QED) is 0.756. The van der Waals surface area contributed by atoms with Crippen LogP contribution in [0.25, 0.3) is 0 Å². The number of likely N-dealkylation sites (N-methyl/N-ethyl adjacent to an activating group) is 1. The highest BCUT2D eigenvalue weighted by molar-refractivity contribution is 6.30. The second kappa shape index (κ2) is 9.03. The number of hydrogen-bond donors (Lipinski definition) is 2. The van der Waals surface area contributed by atoms with E-state index >= 15 is 0 Å². The number of aromatic nitrogens is 1. The molecule has 2 aromatic rings. The molecule has 0 saturated heterocycles. The number of alkyl halides is 3. The third-order valence-corrected chi connectivity index (χ3v) is 4.14. The number of anilines is 2. The second-order valence-electron chi connectivity index (χ2n) is 6.03. The number of nitrogens with one attached hydrogen (secondary N) is 2. The molecule has 0 aliphatic heterocycles. The number of carbonyl (C=O) groups is 2. The maximum absolute atomic E-state index is 13.0. The zero-order valence-corrected chi connectivity index (χ0v) is 15.8. The van der Waals surface area contributed by atoms with Crippen LogP contribution < -0.4 is 10.6 Å². The van der Waals surface area contributed by atoms with E-state index in [0.717, 1.165) is 6.07 Å². The van der Waals surface area contributed by atoms with Crippen molar-refractivity contribution in [2.45, 2.75) is 19.1 Å². The molecule has 0 fully saturated rings. The van der Waals surface area contributed by atoms with Crippen molar-refractivity contribution in [3.8, 4) is 0 Å². The predicted octanol–water partition coefficient (Wildman–Crippen LogP) is 3.65. The predicted molar refractivity (Wildman–Crippen MR) is 100 cm³/mol. The topological polar surface area (TPSA) is 74.3 Å². The highest BCUT2D eigenvalue weighted by atomic mass is 35.5. The van der Waals surface area contributed by atoms with Gasteiger partial charge in [0.2, 0.25) is 11.8 Å². The normalized spacial score (nSPS) is 12.5. The van der Waals surface area contributed by atoms with E-state index in [2.05, 4.69) is 15.6 Å². The molecule has 28 heavy (non-hydrogen) atoms. The molecule has 2 N–H and O–H groups in total. The van der Waals surface area contributed by atoms with Gasteiger partial charge in [-0.05, 0) is 38.2 Å². The Morgan fingerprint density at radius 3 is 2.46 bits per heavy atom. The van der Waals surface area contributed by atoms with Gasteiger partial charge in [0.15, 0.2) is 0 Å². The minimum Gasteiger partial charge on any atom is -0.324 e. The SMILES string of the molecule is C[C@@H](C(=O)Nc1ccc(Cl)cn1)N(C)CC(=O)Nc1ccccc1C(F)(F)F. The van der Waals surface area contributed by atoms with Crippen LogP contribution in [0.15, 0.2) is 42.6 Å². The molecule has 1 heterocycles. The maximum Gasteiger partial charge on any atom is 0.418 e. The molecule has 0 radical (unpaired) electrons. The van der Waals surface area contributed by atoms with Crippen molar-refractivity contribution in [3.63, 3.8) is 0 Å². The smallest absolute Gasteiger partial charge is 0.324 e. The van der Waals surface area contributed by atoms with Crippen LogP contribution in [0.2, 0.25) is 5.02 Å². The number of para-hydroxylation sites is 1. The minimum atomic E-state index is -4.59. The lowest BCUT2D eigenvalue weighted by Crippen LogP contribution is -2.43. The van der Waals surface area contributed by atoms with E-state index in [9.17, 15) is 22.8 Å². The van der Waals surface area contributed by atoms with Crippen LogP contribution in [-0.2, 0) is 15.8 Å². The fraction of sp³-hybridized carbons (Fsp3) is 0.278. The zero-order chi connectivity index (χ0) is 20.9. The van der Waals surface area contributed by atoms with Crippen LogP contribution >= 0.6 is 11.6 Å². The number of pyridine rings is 1. The molecule has 1 atom stereocenters. The molecule has 1 aromatic carbocycles. The van der Waals surface area contributed by atoms with Gasteiger partial charge < -0.3 is 10.6 Å². The van der Waals surface area contributed by atoms with Gasteiger partial charge in [0.1, 0.15) is 5.82 Å². The molecular weight excluding hydrogens is 397 g/mol. The van der Waals surface area contributed by atoms with Crippen LogP contribution in [0.1, 0.15) is 12.5 Å². The molecule has 6 nitrogen and oxygen atoms in total. The van der Waals surface area contributed by atoms with E-state index in [1.807, 2.05) is 0 Å². The molecule has 0 spiro atoms. The van der Waals surface area contributed by atoms with Crippen molar-refractivity contribution < 1.29 is 22.8 Å². The second-order valence-corrected chi connectivity index (χ2v) is 6.47. The first kappa shape index (κ1) is 21.6. The molecule has 0 saturated carbocycles. The fourth-order valence-electron chi connectivity index (χ4n) is 2.27. The fourth-order valence-corrected chi connectivity index (χ4v) is 2.38. The lowest BCUT2D eigenvalue weighted by atomic mass is 10.1. The van der Waals surface area contributed by atoms with Gasteiger partial charge in [0.25, 0.3) is 0 Å². The average Bonchev–Trinajstić information content (AvgIpc) is 2.62. The van der Waals surface area contributed by atoms with Crippen molar-refractivity contribution in [3.05, 3.63) is 53.2 Å². The van der Waals surface area contributed by atoms with E-state index in [1.54, 1.807) is 13.0 Å². The molecule has 0 bridgehead atoms. The number of carbonyl (C=O) groups excluding carboxylic acids is 2. The molecular formula is C18H18ClF3N4O2. The van der Waals surface area contributed by atoms with E-state index in [-0.39, 0.29) is 12.2 Å². The van der Waals surface area contributed by atoms with Crippen molar-refractivity contribution in [2.24, 2.45) is 0 Å². The number of nitrogens with zero attached hydrogens (tertiary/aromatic N) is 2. The molecule has 0 unspecified atom stereocenters. The summed E-state index contributed by atoms with van der Waals surface area (Å²) < 4.78 is 39.0. The van der Waals surface area contributed by atoms with Crippen molar-refractivity contribution in [2.75, 3.05) is 24.2 Å². The molecule has 0 aliphatic rings. The molecule has 2 rings (SSSR count). The van der Waals surface area contributed by atoms with E-state index in [1.165, 1.54) is 42.4 Å². The van der Waals surface area contributed by atoms with Gasteiger partial charge in [-0.3, -0.25) is 14.5 Å². The molecule has 10 heteroatoms. The van der Waals surface area contributed by atoms with E-state index < -0.39 is 29.6 Å². The first-order chi connectivity index (χ1) is 13.1. The summed E-state index contributed by atoms with van der Waals surface area (Å²) in [5, 5.41) is 5.23. The number of amides is 2. The largest absolute Gasteiger partial charge is 0.418 e. The number of halogens is 4. The Balaban J connectivity index is 1.96. The average molecular weight is 415 g/mol. The Morgan fingerprint density at radius 2 is 1.86 bits per heavy atom. The Hall–Kier alpha value is -2.65. The Bertz CT molecular complexity index is 843. The summed E-state index contributed by atoms with van der Waals surface area (Å²) in [4.78, 5) is 29.7. The molecule has 150 valence electrons. The first-order valence-corrected chi connectivity index (χ1v) is 8.54. The van der Waals surface area contributed by atoms with Crippen molar-refractivity contribution >= 4 is 34.9 Å². The summed E-state index contributed by atoms with van der Waals surface area (Å²) in [7, 11) is 1.51. The zero-order valence-electron chi connectivity index (χ0n) is 15.0. The third kappa shape index (κ3) is 5.93. The number of rotatable bonds is 6. The van der Waals surface area contributed by atoms with Crippen LogP contribution in [0, 0.1) is 0 Å². The molecule has 1 aromatic heterocycles. The highest BCUT2D eigenvalue weighted by Gasteiger charge is 2.33. The van der Waals surface area contributed by atoms with Gasteiger partial charge in [-0.25, -0.2) is 4.98 Å². The van der Waals surface area contributed by atoms with Gasteiger partial charge >= 0.3 is 6.18 Å². The standard InChI is InChI=1S/C18H18ClF3N4O2/c1-11(17(28)25-15-8-7-12(19)9-23-15)26(2)10-16(27)24-14-6-4-3-5-13(14)18(20,21)22/h3-9,11H,10H2,1-2H3,(H,24,27)(H,23,25,28)/t11-/m0/s1. The van der Waals surface area contributed by atoms with Crippen molar-refractivity contribution in [1.82, 2.24) is 9.88 Å². The van der Waals surface area contributed by atoms with Crippen molar-refractivity contribution in [1.29, 1.82) is 0 Å². The van der Waals surface area contributed by atoms with Gasteiger partial charge in [0.05, 0.1) is 28.9 Å². The summed E-state index contributed by atoms with van der Waals surface area (Å²) in [6.45, 7) is 1.27. The minimum absolute atomic E-state index is 0.283. The van der Waals surface area contributed by atoms with Crippen LogP contribution in [0.3, 0.4) is 0 Å². The summed E-state index contributed by atoms with van der Waals surface area (Å²) in [6.07, 6.45) is -3.22. The van der Waals surface area contributed by atoms with Gasteiger partial charge in [-0.1, -0.05) is 23.7 Å². The van der Waals surface area contributed by atoms with Crippen LogP contribution in [0.5, 0.6) is 0 Å². The lowest BCUT2D eigenvalue weighted by molar-refractivity contribution is -0.137. The monoisotopic (exact) mass is 414 g/mol. The summed E-state index contributed by atoms with van der Waals surface area (Å²) in [6, 6.07) is 7.03. The van der Waals surface area contributed by atoms with E-state index in [4.69, 9.17) is 11.6 Å². The summed E-state index contributed by atoms with van der Waals surface area (Å²) >= 11 is 5.73. The summed E-state index contributed by atoms with van der Waals surface area (Å²) in [5.41, 5.74) is -1.28. The van der Waals surface area contributed by atoms with Crippen LogP contribution in [-0.4, -0.2) is 41.3 Å².